The lowest BCUT2D eigenvalue weighted by Crippen LogP contribution is -2.25. The van der Waals surface area contributed by atoms with E-state index in [2.05, 4.69) is 97.0 Å². The van der Waals surface area contributed by atoms with Gasteiger partial charge in [0.05, 0.1) is 0 Å². The number of hydrogen-bond donors (Lipinski definition) is 0. The van der Waals surface area contributed by atoms with E-state index in [4.69, 9.17) is 6.58 Å². The molecule has 0 bridgehead atoms. The Balaban J connectivity index is 2.18. The highest BCUT2D eigenvalue weighted by molar-refractivity contribution is 5.58. The molecule has 0 nitrogen and oxygen atoms in total. The lowest BCUT2D eigenvalue weighted by atomic mass is 9.66. The fraction of sp³-hybridized carbons (Fsp3) is 0.333. The molecule has 2 aromatic carbocycles. The van der Waals surface area contributed by atoms with E-state index >= 15 is 0 Å². The van der Waals surface area contributed by atoms with Crippen molar-refractivity contribution >= 4 is 0 Å². The fourth-order valence-electron chi connectivity index (χ4n) is 4.48. The average molecular weight is 357 g/mol. The van der Waals surface area contributed by atoms with Crippen LogP contribution in [0.25, 0.3) is 0 Å². The quantitative estimate of drug-likeness (QED) is 0.493. The predicted molar refractivity (Wildman–Crippen MR) is 118 cm³/mol. The van der Waals surface area contributed by atoms with E-state index < -0.39 is 0 Å². The Morgan fingerprint density at radius 3 is 1.33 bits per heavy atom. The molecule has 3 rings (SSSR count). The van der Waals surface area contributed by atoms with Crippen molar-refractivity contribution < 1.29 is 0 Å². The van der Waals surface area contributed by atoms with Crippen LogP contribution in [0.4, 0.5) is 0 Å². The van der Waals surface area contributed by atoms with Gasteiger partial charge in [-0.3, -0.25) is 0 Å². The zero-order chi connectivity index (χ0) is 19.9. The van der Waals surface area contributed by atoms with Crippen molar-refractivity contribution in [1.82, 2.24) is 0 Å². The van der Waals surface area contributed by atoms with Crippen molar-refractivity contribution in [3.8, 4) is 0 Å². The van der Waals surface area contributed by atoms with Gasteiger partial charge in [0.1, 0.15) is 0 Å². The maximum Gasteiger partial charge on any atom is 0.0314 e. The summed E-state index contributed by atoms with van der Waals surface area (Å²) in [5.41, 5.74) is 12.1. The molecule has 0 aliphatic heterocycles. The lowest BCUT2D eigenvalue weighted by Gasteiger charge is -2.37. The van der Waals surface area contributed by atoms with E-state index in [9.17, 15) is 0 Å². The highest BCUT2D eigenvalue weighted by atomic mass is 14.4. The summed E-state index contributed by atoms with van der Waals surface area (Å²) >= 11 is 0. The van der Waals surface area contributed by atoms with E-state index in [0.29, 0.717) is 0 Å². The van der Waals surface area contributed by atoms with E-state index in [-0.39, 0.29) is 11.3 Å². The van der Waals surface area contributed by atoms with Crippen molar-refractivity contribution in [2.75, 3.05) is 0 Å². The van der Waals surface area contributed by atoms with E-state index in [1.807, 2.05) is 0 Å². The number of hydrogen-bond acceptors (Lipinski definition) is 0. The first-order chi connectivity index (χ1) is 12.7. The van der Waals surface area contributed by atoms with Crippen LogP contribution < -0.4 is 0 Å². The molecule has 1 aliphatic carbocycles. The Labute approximate surface area is 165 Å². The smallest absolute Gasteiger partial charge is 0.0314 e. The third kappa shape index (κ3) is 3.12. The first-order valence-corrected chi connectivity index (χ1v) is 9.86. The SMILES string of the molecule is C=C(C(c1ccc(C)cc1)c1ccc(C)cc1)C1(C)C(C)=C(C)C(C)=C1C. The Bertz CT molecular complexity index is 861. The van der Waals surface area contributed by atoms with Gasteiger partial charge < -0.3 is 0 Å². The molecule has 2 aromatic rings. The maximum absolute atomic E-state index is 4.71. The topological polar surface area (TPSA) is 0 Å². The van der Waals surface area contributed by atoms with Crippen LogP contribution in [0.5, 0.6) is 0 Å². The van der Waals surface area contributed by atoms with Crippen LogP contribution in [0.1, 0.15) is 62.8 Å². The van der Waals surface area contributed by atoms with Gasteiger partial charge in [0.25, 0.3) is 0 Å². The molecule has 0 spiro atoms. The minimum Gasteiger partial charge on any atom is -0.0977 e. The van der Waals surface area contributed by atoms with Gasteiger partial charge >= 0.3 is 0 Å². The van der Waals surface area contributed by atoms with E-state index in [1.165, 1.54) is 50.1 Å². The van der Waals surface area contributed by atoms with Crippen LogP contribution >= 0.6 is 0 Å². The molecule has 0 heteroatoms. The van der Waals surface area contributed by atoms with Crippen LogP contribution in [-0.4, -0.2) is 0 Å². The molecular weight excluding hydrogens is 324 g/mol. The molecule has 1 aliphatic rings. The molecule has 0 unspecified atom stereocenters. The summed E-state index contributed by atoms with van der Waals surface area (Å²) in [5, 5.41) is 0. The Morgan fingerprint density at radius 2 is 1.00 bits per heavy atom. The summed E-state index contributed by atoms with van der Waals surface area (Å²) in [6.07, 6.45) is 0. The third-order valence-corrected chi connectivity index (χ3v) is 7.00. The van der Waals surface area contributed by atoms with Gasteiger partial charge in [-0.25, -0.2) is 0 Å². The molecule has 0 radical (unpaired) electrons. The van der Waals surface area contributed by atoms with Crippen LogP contribution in [0.15, 0.2) is 83.0 Å². The summed E-state index contributed by atoms with van der Waals surface area (Å²) < 4.78 is 0. The molecule has 0 fully saturated rings. The summed E-state index contributed by atoms with van der Waals surface area (Å²) in [6.45, 7) is 20.4. The summed E-state index contributed by atoms with van der Waals surface area (Å²) in [7, 11) is 0. The summed E-state index contributed by atoms with van der Waals surface area (Å²) in [4.78, 5) is 0. The lowest BCUT2D eigenvalue weighted by molar-refractivity contribution is 0.549. The number of benzene rings is 2. The second-order valence-corrected chi connectivity index (χ2v) is 8.40. The van der Waals surface area contributed by atoms with Crippen LogP contribution in [0, 0.1) is 19.3 Å². The molecule has 0 N–H and O–H groups in total. The fourth-order valence-corrected chi connectivity index (χ4v) is 4.48. The molecule has 0 amide bonds. The standard InChI is InChI=1S/C27H32/c1-17-9-13-24(14-10-17)26(25-15-11-18(2)12-16-25)23(7)27(8)21(5)19(3)20(4)22(27)6/h9-16,26H,7H2,1-6,8H3. The zero-order valence-electron chi connectivity index (χ0n) is 17.9. The minimum atomic E-state index is -0.103. The second-order valence-electron chi connectivity index (χ2n) is 8.40. The predicted octanol–water partition coefficient (Wildman–Crippen LogP) is 7.68. The number of rotatable bonds is 4. The summed E-state index contributed by atoms with van der Waals surface area (Å²) in [6, 6.07) is 17.9. The van der Waals surface area contributed by atoms with Crippen molar-refractivity contribution in [3.05, 3.63) is 105 Å². The monoisotopic (exact) mass is 356 g/mol. The van der Waals surface area contributed by atoms with E-state index in [1.54, 1.807) is 0 Å². The summed E-state index contributed by atoms with van der Waals surface area (Å²) in [5.74, 6) is 0.180. The zero-order valence-corrected chi connectivity index (χ0v) is 17.9. The molecule has 140 valence electrons. The molecule has 0 saturated carbocycles. The first-order valence-electron chi connectivity index (χ1n) is 9.86. The van der Waals surface area contributed by atoms with Crippen LogP contribution in [0.2, 0.25) is 0 Å². The average Bonchev–Trinajstić information content (AvgIpc) is 2.81. The Hall–Kier alpha value is -2.34. The van der Waals surface area contributed by atoms with Gasteiger partial charge in [-0.2, -0.15) is 0 Å². The minimum absolute atomic E-state index is 0.103. The highest BCUT2D eigenvalue weighted by Crippen LogP contribution is 2.55. The first kappa shape index (κ1) is 19.4. The Kier molecular flexibility index (Phi) is 5.04. The van der Waals surface area contributed by atoms with Crippen molar-refractivity contribution in [2.45, 2.75) is 54.4 Å². The molecule has 0 atom stereocenters. The molecule has 0 aromatic heterocycles. The van der Waals surface area contributed by atoms with Gasteiger partial charge in [0.2, 0.25) is 0 Å². The number of aryl methyl sites for hydroxylation is 2. The molecule has 0 heterocycles. The Morgan fingerprint density at radius 1 is 0.667 bits per heavy atom. The van der Waals surface area contributed by atoms with Gasteiger partial charge in [0, 0.05) is 11.3 Å². The van der Waals surface area contributed by atoms with Crippen molar-refractivity contribution in [3.63, 3.8) is 0 Å². The van der Waals surface area contributed by atoms with Gasteiger partial charge in [-0.05, 0) is 70.7 Å². The van der Waals surface area contributed by atoms with E-state index in [0.717, 1.165) is 0 Å². The van der Waals surface area contributed by atoms with Crippen LogP contribution in [0.3, 0.4) is 0 Å². The van der Waals surface area contributed by atoms with Crippen LogP contribution in [-0.2, 0) is 0 Å². The maximum atomic E-state index is 4.71. The van der Waals surface area contributed by atoms with Crippen molar-refractivity contribution in [1.29, 1.82) is 0 Å². The highest BCUT2D eigenvalue weighted by Gasteiger charge is 2.41. The van der Waals surface area contributed by atoms with Gasteiger partial charge in [-0.1, -0.05) is 83.0 Å². The van der Waals surface area contributed by atoms with Gasteiger partial charge in [0.15, 0.2) is 0 Å². The largest absolute Gasteiger partial charge is 0.0977 e. The molecule has 27 heavy (non-hydrogen) atoms. The molecule has 0 saturated heterocycles. The molecular formula is C27H32. The normalized spacial score (nSPS) is 16.4. The van der Waals surface area contributed by atoms with Gasteiger partial charge in [-0.15, -0.1) is 0 Å². The third-order valence-electron chi connectivity index (χ3n) is 7.00. The number of allylic oxidation sites excluding steroid dienone is 5. The second kappa shape index (κ2) is 7.00. The van der Waals surface area contributed by atoms with Crippen molar-refractivity contribution in [2.24, 2.45) is 5.41 Å².